The fourth-order valence-corrected chi connectivity index (χ4v) is 5.29. The van der Waals surface area contributed by atoms with Gasteiger partial charge >= 0.3 is 11.9 Å². The van der Waals surface area contributed by atoms with Crippen LogP contribution in [-0.2, 0) is 19.1 Å². The first-order valence-corrected chi connectivity index (χ1v) is 18.0. The van der Waals surface area contributed by atoms with Gasteiger partial charge in [-0.25, -0.2) is 0 Å². The van der Waals surface area contributed by atoms with Gasteiger partial charge in [0.15, 0.2) is 0 Å². The van der Waals surface area contributed by atoms with E-state index in [1.165, 1.54) is 141 Å². The molecule has 0 aromatic carbocycles. The molecule has 0 spiro atoms. The van der Waals surface area contributed by atoms with Gasteiger partial charge in [-0.05, 0) is 25.7 Å². The summed E-state index contributed by atoms with van der Waals surface area (Å²) < 4.78 is 10.7. The average Bonchev–Trinajstić information content (AvgIpc) is 2.95. The number of carbonyl (C=O) groups excluding carboxylic acids is 2. The van der Waals surface area contributed by atoms with Gasteiger partial charge < -0.3 is 9.47 Å². The highest BCUT2D eigenvalue weighted by Crippen LogP contribution is 2.14. The van der Waals surface area contributed by atoms with Crippen molar-refractivity contribution >= 4 is 11.9 Å². The van der Waals surface area contributed by atoms with Crippen LogP contribution in [0.25, 0.3) is 0 Å². The Hall–Kier alpha value is -1.06. The van der Waals surface area contributed by atoms with Crippen molar-refractivity contribution in [2.45, 2.75) is 206 Å². The topological polar surface area (TPSA) is 52.6 Å². The van der Waals surface area contributed by atoms with Gasteiger partial charge in [-0.2, -0.15) is 0 Å². The van der Waals surface area contributed by atoms with Crippen molar-refractivity contribution in [2.75, 3.05) is 13.2 Å². The van der Waals surface area contributed by atoms with Gasteiger partial charge in [0.1, 0.15) is 0 Å². The molecule has 40 heavy (non-hydrogen) atoms. The molecule has 4 heteroatoms. The quantitative estimate of drug-likeness (QED) is 0.0585. The van der Waals surface area contributed by atoms with Crippen LogP contribution < -0.4 is 0 Å². The maximum absolute atomic E-state index is 11.8. The smallest absolute Gasteiger partial charge is 0.305 e. The van der Waals surface area contributed by atoms with E-state index >= 15 is 0 Å². The molecule has 0 bridgehead atoms. The van der Waals surface area contributed by atoms with Gasteiger partial charge in [0, 0.05) is 12.8 Å². The van der Waals surface area contributed by atoms with Crippen LogP contribution in [0.3, 0.4) is 0 Å². The summed E-state index contributed by atoms with van der Waals surface area (Å²) in [5.74, 6) is 0.00476. The molecule has 0 aromatic rings. The Morgan fingerprint density at radius 2 is 0.550 bits per heavy atom. The van der Waals surface area contributed by atoms with Crippen molar-refractivity contribution < 1.29 is 19.1 Å². The van der Waals surface area contributed by atoms with Crippen LogP contribution in [0.2, 0.25) is 0 Å². The fourth-order valence-electron chi connectivity index (χ4n) is 5.29. The van der Waals surface area contributed by atoms with Crippen LogP contribution in [0, 0.1) is 0 Å². The van der Waals surface area contributed by atoms with Gasteiger partial charge in [-0.3, -0.25) is 9.59 Å². The van der Waals surface area contributed by atoms with E-state index in [0.29, 0.717) is 26.1 Å². The largest absolute Gasteiger partial charge is 0.466 e. The van der Waals surface area contributed by atoms with E-state index in [0.717, 1.165) is 38.5 Å². The predicted molar refractivity (Wildman–Crippen MR) is 172 cm³/mol. The Kier molecular flexibility index (Phi) is 33.2. The number of ether oxygens (including phenoxy) is 2. The summed E-state index contributed by atoms with van der Waals surface area (Å²) in [6.45, 7) is 5.72. The first kappa shape index (κ1) is 38.9. The summed E-state index contributed by atoms with van der Waals surface area (Å²) >= 11 is 0. The number of hydrogen-bond donors (Lipinski definition) is 0. The van der Waals surface area contributed by atoms with Crippen molar-refractivity contribution in [3.05, 3.63) is 0 Å². The van der Waals surface area contributed by atoms with E-state index in [1.807, 2.05) is 0 Å². The molecule has 0 fully saturated rings. The second kappa shape index (κ2) is 34.1. The fraction of sp³-hybridized carbons (Fsp3) is 0.944. The number of carbonyl (C=O) groups is 2. The Bertz CT molecular complexity index is 473. The zero-order chi connectivity index (χ0) is 29.2. The molecule has 0 unspecified atom stereocenters. The Morgan fingerprint density at radius 1 is 0.325 bits per heavy atom. The predicted octanol–water partition coefficient (Wildman–Crippen LogP) is 11.8. The van der Waals surface area contributed by atoms with Crippen molar-refractivity contribution in [2.24, 2.45) is 0 Å². The van der Waals surface area contributed by atoms with E-state index in [2.05, 4.69) is 13.8 Å². The molecular weight excluding hydrogens is 496 g/mol. The zero-order valence-electron chi connectivity index (χ0n) is 27.3. The Labute approximate surface area is 250 Å². The molecule has 0 aliphatic heterocycles. The lowest BCUT2D eigenvalue weighted by Crippen LogP contribution is -2.05. The van der Waals surface area contributed by atoms with Gasteiger partial charge in [-0.15, -0.1) is 0 Å². The Morgan fingerprint density at radius 3 is 0.825 bits per heavy atom. The molecule has 0 atom stereocenters. The average molecular weight is 567 g/mol. The number of unbranched alkanes of at least 4 members (excludes halogenated alkanes) is 25. The first-order chi connectivity index (χ1) is 19.7. The molecular formula is C36H70O4. The van der Waals surface area contributed by atoms with Crippen LogP contribution in [-0.4, -0.2) is 25.2 Å². The van der Waals surface area contributed by atoms with E-state index in [1.54, 1.807) is 0 Å². The molecule has 0 aromatic heterocycles. The number of rotatable bonds is 33. The summed E-state index contributed by atoms with van der Waals surface area (Å²) in [6, 6.07) is 0. The van der Waals surface area contributed by atoms with E-state index in [-0.39, 0.29) is 11.9 Å². The molecule has 0 saturated carbocycles. The first-order valence-electron chi connectivity index (χ1n) is 18.0. The van der Waals surface area contributed by atoms with Gasteiger partial charge in [-0.1, -0.05) is 168 Å². The van der Waals surface area contributed by atoms with Gasteiger partial charge in [0.05, 0.1) is 13.2 Å². The standard InChI is InChI=1S/C36H70O4/c1-3-5-7-9-21-25-29-33-39-35(37)31-27-23-19-17-15-13-11-12-14-16-18-20-24-28-32-36(38)40-34-30-26-22-10-8-6-4-2/h3-34H2,1-2H3. The maximum Gasteiger partial charge on any atom is 0.305 e. The molecule has 4 nitrogen and oxygen atoms in total. The highest BCUT2D eigenvalue weighted by molar-refractivity contribution is 5.69. The van der Waals surface area contributed by atoms with E-state index < -0.39 is 0 Å². The van der Waals surface area contributed by atoms with E-state index in [9.17, 15) is 9.59 Å². The van der Waals surface area contributed by atoms with Crippen LogP contribution in [0.1, 0.15) is 206 Å². The second-order valence-electron chi connectivity index (χ2n) is 12.1. The third-order valence-electron chi connectivity index (χ3n) is 8.03. The molecule has 0 aliphatic carbocycles. The van der Waals surface area contributed by atoms with Crippen molar-refractivity contribution in [1.82, 2.24) is 0 Å². The third kappa shape index (κ3) is 33.1. The molecule has 0 heterocycles. The minimum absolute atomic E-state index is 0.00238. The maximum atomic E-state index is 11.8. The van der Waals surface area contributed by atoms with Crippen LogP contribution in [0.4, 0.5) is 0 Å². The minimum atomic E-state index is 0.00238. The van der Waals surface area contributed by atoms with Crippen LogP contribution in [0.5, 0.6) is 0 Å². The summed E-state index contributed by atoms with van der Waals surface area (Å²) in [7, 11) is 0. The van der Waals surface area contributed by atoms with Crippen molar-refractivity contribution in [1.29, 1.82) is 0 Å². The second-order valence-corrected chi connectivity index (χ2v) is 12.1. The molecule has 0 amide bonds. The lowest BCUT2D eigenvalue weighted by molar-refractivity contribution is -0.144. The lowest BCUT2D eigenvalue weighted by atomic mass is 10.0. The lowest BCUT2D eigenvalue weighted by Gasteiger charge is -2.06. The van der Waals surface area contributed by atoms with Crippen LogP contribution >= 0.6 is 0 Å². The molecule has 0 aliphatic rings. The molecule has 0 rings (SSSR count). The Balaban J connectivity index is 3.19. The van der Waals surface area contributed by atoms with Crippen LogP contribution in [0.15, 0.2) is 0 Å². The van der Waals surface area contributed by atoms with E-state index in [4.69, 9.17) is 9.47 Å². The summed E-state index contributed by atoms with van der Waals surface area (Å²) in [5, 5.41) is 0. The summed E-state index contributed by atoms with van der Waals surface area (Å²) in [4.78, 5) is 23.6. The minimum Gasteiger partial charge on any atom is -0.466 e. The zero-order valence-corrected chi connectivity index (χ0v) is 27.3. The molecule has 238 valence electrons. The SMILES string of the molecule is CCCCCCCCCOC(=O)CCCCCCCCCCCCCCCCC(=O)OCCCCCCCCC. The normalized spacial score (nSPS) is 11.2. The molecule has 0 N–H and O–H groups in total. The van der Waals surface area contributed by atoms with Gasteiger partial charge in [0.25, 0.3) is 0 Å². The molecule has 0 saturated heterocycles. The highest BCUT2D eigenvalue weighted by atomic mass is 16.5. The summed E-state index contributed by atoms with van der Waals surface area (Å²) in [5.41, 5.74) is 0. The molecule has 0 radical (unpaired) electrons. The summed E-state index contributed by atoms with van der Waals surface area (Å²) in [6.07, 6.45) is 36.2. The number of esters is 2. The monoisotopic (exact) mass is 567 g/mol. The van der Waals surface area contributed by atoms with Crippen molar-refractivity contribution in [3.8, 4) is 0 Å². The highest BCUT2D eigenvalue weighted by Gasteiger charge is 2.04. The number of hydrogen-bond acceptors (Lipinski definition) is 4. The van der Waals surface area contributed by atoms with Crippen molar-refractivity contribution in [3.63, 3.8) is 0 Å². The third-order valence-corrected chi connectivity index (χ3v) is 8.03. The van der Waals surface area contributed by atoms with Gasteiger partial charge in [0.2, 0.25) is 0 Å².